The van der Waals surface area contributed by atoms with Gasteiger partial charge in [0, 0.05) is 38.9 Å². The first-order valence-corrected chi connectivity index (χ1v) is 12.6. The lowest BCUT2D eigenvalue weighted by molar-refractivity contribution is -0.671. The zero-order chi connectivity index (χ0) is 24.2. The molecule has 0 radical (unpaired) electrons. The molecule has 0 aliphatic carbocycles. The molecule has 172 valence electrons. The summed E-state index contributed by atoms with van der Waals surface area (Å²) in [4.78, 5) is 4.83. The van der Waals surface area contributed by atoms with Crippen LogP contribution in [0.1, 0.15) is 21.6 Å². The second-order valence-electron chi connectivity index (χ2n) is 8.89. The van der Waals surface area contributed by atoms with Gasteiger partial charge in [0.15, 0.2) is 12.4 Å². The number of anilines is 3. The largest absolute Gasteiger partial charge is 0.311 e. The van der Waals surface area contributed by atoms with E-state index in [0.717, 1.165) is 17.1 Å². The van der Waals surface area contributed by atoms with Crippen molar-refractivity contribution < 1.29 is 4.57 Å². The fraction of sp³-hybridized carbons (Fsp3) is 0.0938. The van der Waals surface area contributed by atoms with Gasteiger partial charge in [0.25, 0.3) is 0 Å². The molecule has 3 aromatic carbocycles. The first-order chi connectivity index (χ1) is 17.0. The molecule has 5 aromatic rings. The number of rotatable bonds is 6. The summed E-state index contributed by atoms with van der Waals surface area (Å²) in [5.74, 6) is 0. The van der Waals surface area contributed by atoms with E-state index in [-0.39, 0.29) is 0 Å². The molecule has 3 heteroatoms. The van der Waals surface area contributed by atoms with E-state index in [2.05, 4.69) is 140 Å². The number of pyridine rings is 1. The first kappa shape index (κ1) is 22.8. The lowest BCUT2D eigenvalue weighted by Crippen LogP contribution is -2.25. The molecule has 0 amide bonds. The van der Waals surface area contributed by atoms with Crippen LogP contribution in [0, 0.1) is 13.8 Å². The van der Waals surface area contributed by atoms with Crippen molar-refractivity contribution in [3.05, 3.63) is 131 Å². The van der Waals surface area contributed by atoms with Crippen LogP contribution in [0.25, 0.3) is 22.6 Å². The highest BCUT2D eigenvalue weighted by atomic mass is 32.1. The van der Waals surface area contributed by atoms with Gasteiger partial charge in [-0.05, 0) is 79.6 Å². The smallest absolute Gasteiger partial charge is 0.169 e. The number of aryl methyl sites for hydroxylation is 3. The van der Waals surface area contributed by atoms with Crippen LogP contribution in [0.2, 0.25) is 0 Å². The van der Waals surface area contributed by atoms with Crippen LogP contribution in [0.3, 0.4) is 0 Å². The molecule has 0 unspecified atom stereocenters. The van der Waals surface area contributed by atoms with Crippen LogP contribution in [0.5, 0.6) is 0 Å². The van der Waals surface area contributed by atoms with Crippen molar-refractivity contribution in [3.8, 4) is 10.4 Å². The third-order valence-electron chi connectivity index (χ3n) is 6.07. The minimum Gasteiger partial charge on any atom is -0.311 e. The fourth-order valence-electron chi connectivity index (χ4n) is 4.01. The Morgan fingerprint density at radius 1 is 0.600 bits per heavy atom. The van der Waals surface area contributed by atoms with Crippen molar-refractivity contribution in [1.82, 2.24) is 0 Å². The molecule has 35 heavy (non-hydrogen) atoms. The molecule has 0 aliphatic heterocycles. The number of thiophene rings is 1. The number of hydrogen-bond donors (Lipinski definition) is 0. The number of nitrogens with zero attached hydrogens (tertiary/aromatic N) is 2. The Balaban J connectivity index is 1.41. The van der Waals surface area contributed by atoms with Crippen LogP contribution < -0.4 is 9.47 Å². The van der Waals surface area contributed by atoms with Crippen molar-refractivity contribution in [3.63, 3.8) is 0 Å². The Morgan fingerprint density at radius 2 is 1.11 bits per heavy atom. The zero-order valence-corrected chi connectivity index (χ0v) is 21.2. The van der Waals surface area contributed by atoms with Gasteiger partial charge in [-0.15, -0.1) is 11.3 Å². The van der Waals surface area contributed by atoms with Crippen LogP contribution in [-0.4, -0.2) is 0 Å². The molecule has 0 spiro atoms. The van der Waals surface area contributed by atoms with Gasteiger partial charge < -0.3 is 4.90 Å². The summed E-state index contributed by atoms with van der Waals surface area (Å²) < 4.78 is 2.04. The highest BCUT2D eigenvalue weighted by molar-refractivity contribution is 7.16. The minimum atomic E-state index is 1.15. The van der Waals surface area contributed by atoms with Gasteiger partial charge >= 0.3 is 0 Å². The second-order valence-corrected chi connectivity index (χ2v) is 10.0. The third kappa shape index (κ3) is 5.42. The summed E-state index contributed by atoms with van der Waals surface area (Å²) in [6.07, 6.45) is 8.49. The van der Waals surface area contributed by atoms with Gasteiger partial charge in [-0.1, -0.05) is 53.6 Å². The molecule has 0 saturated carbocycles. The zero-order valence-electron chi connectivity index (χ0n) is 20.3. The maximum atomic E-state index is 2.31. The number of benzene rings is 3. The van der Waals surface area contributed by atoms with E-state index in [1.165, 1.54) is 32.0 Å². The molecule has 0 saturated heterocycles. The molecule has 0 fully saturated rings. The maximum absolute atomic E-state index is 2.31. The maximum Gasteiger partial charge on any atom is 0.169 e. The van der Waals surface area contributed by atoms with Crippen molar-refractivity contribution in [2.45, 2.75) is 13.8 Å². The molecule has 2 aromatic heterocycles. The summed E-state index contributed by atoms with van der Waals surface area (Å²) in [5, 5.41) is 0. The molecule has 2 heterocycles. The number of hydrogen-bond acceptors (Lipinski definition) is 2. The van der Waals surface area contributed by atoms with E-state index < -0.39 is 0 Å². The molecular weight excluding hydrogens is 444 g/mol. The Morgan fingerprint density at radius 3 is 1.66 bits per heavy atom. The lowest BCUT2D eigenvalue weighted by atomic mass is 10.1. The van der Waals surface area contributed by atoms with Crippen LogP contribution >= 0.6 is 11.3 Å². The van der Waals surface area contributed by atoms with E-state index in [1.807, 2.05) is 23.0 Å². The lowest BCUT2D eigenvalue weighted by Gasteiger charge is -2.26. The predicted octanol–water partition coefficient (Wildman–Crippen LogP) is 8.50. The first-order valence-electron chi connectivity index (χ1n) is 11.8. The Hall–Kier alpha value is -3.95. The molecule has 0 atom stereocenters. The second kappa shape index (κ2) is 10.1. The van der Waals surface area contributed by atoms with E-state index in [4.69, 9.17) is 0 Å². The summed E-state index contributed by atoms with van der Waals surface area (Å²) in [6.45, 7) is 4.25. The summed E-state index contributed by atoms with van der Waals surface area (Å²) in [6, 6.07) is 35.0. The average molecular weight is 474 g/mol. The van der Waals surface area contributed by atoms with Gasteiger partial charge in [-0.2, -0.15) is 0 Å². The monoisotopic (exact) mass is 473 g/mol. The highest BCUT2D eigenvalue weighted by Crippen LogP contribution is 2.37. The predicted molar refractivity (Wildman–Crippen MR) is 150 cm³/mol. The van der Waals surface area contributed by atoms with Gasteiger partial charge in [0.05, 0.1) is 0 Å². The third-order valence-corrected chi connectivity index (χ3v) is 7.17. The minimum absolute atomic E-state index is 1.15. The molecular formula is C32H29N2S+. The fourth-order valence-corrected chi connectivity index (χ4v) is 4.93. The SMILES string of the molecule is Cc1ccc(N(c2ccc(C)cc2)c2ccc(-c3ccc(/C=C/c4cc[n+](C)cc4)s3)cc2)cc1. The van der Waals surface area contributed by atoms with Crippen LogP contribution in [0.4, 0.5) is 17.1 Å². The molecule has 0 aliphatic rings. The van der Waals surface area contributed by atoms with Gasteiger partial charge in [-0.25, -0.2) is 4.57 Å². The van der Waals surface area contributed by atoms with Crippen molar-refractivity contribution in [1.29, 1.82) is 0 Å². The van der Waals surface area contributed by atoms with E-state index in [9.17, 15) is 0 Å². The Kier molecular flexibility index (Phi) is 6.60. The standard InChI is InChI=1S/C32H29N2S/c1-24-4-11-28(12-5-24)34(29-13-6-25(2)7-14-29)30-15-9-27(10-16-30)32-19-18-31(35-32)17-8-26-20-22-33(3)23-21-26/h4-23H,1-3H3/q+1. The molecule has 0 N–H and O–H groups in total. The van der Waals surface area contributed by atoms with Crippen LogP contribution in [0.15, 0.2) is 109 Å². The van der Waals surface area contributed by atoms with E-state index >= 15 is 0 Å². The van der Waals surface area contributed by atoms with E-state index in [1.54, 1.807) is 0 Å². The topological polar surface area (TPSA) is 7.12 Å². The molecule has 0 bridgehead atoms. The Labute approximate surface area is 212 Å². The summed E-state index contributed by atoms with van der Waals surface area (Å²) >= 11 is 1.81. The van der Waals surface area contributed by atoms with Crippen molar-refractivity contribution >= 4 is 40.6 Å². The quantitative estimate of drug-likeness (QED) is 0.224. The van der Waals surface area contributed by atoms with Gasteiger partial charge in [-0.3, -0.25) is 0 Å². The Bertz CT molecular complexity index is 1380. The molecule has 5 rings (SSSR count). The highest BCUT2D eigenvalue weighted by Gasteiger charge is 2.13. The average Bonchev–Trinajstić information content (AvgIpc) is 3.36. The summed E-state index contributed by atoms with van der Waals surface area (Å²) in [5.41, 5.74) is 8.42. The van der Waals surface area contributed by atoms with Crippen LogP contribution in [-0.2, 0) is 7.05 Å². The van der Waals surface area contributed by atoms with E-state index in [0.29, 0.717) is 0 Å². The van der Waals surface area contributed by atoms with Crippen molar-refractivity contribution in [2.24, 2.45) is 7.05 Å². The van der Waals surface area contributed by atoms with Gasteiger partial charge in [0.2, 0.25) is 0 Å². The normalized spacial score (nSPS) is 11.2. The molecule has 2 nitrogen and oxygen atoms in total. The summed E-state index contributed by atoms with van der Waals surface area (Å²) in [7, 11) is 2.03. The van der Waals surface area contributed by atoms with Gasteiger partial charge in [0.1, 0.15) is 7.05 Å². The van der Waals surface area contributed by atoms with Crippen molar-refractivity contribution in [2.75, 3.05) is 4.90 Å². The number of aromatic nitrogens is 1.